The molecule has 6 nitrogen and oxygen atoms in total. The van der Waals surface area contributed by atoms with Crippen LogP contribution in [0, 0.1) is 0 Å². The summed E-state index contributed by atoms with van der Waals surface area (Å²) in [6, 6.07) is 3.01. The Morgan fingerprint density at radius 1 is 1.41 bits per heavy atom. The minimum atomic E-state index is -1.07. The standard InChI is InChI=1S/C11H17NO5/c1-15-7-8-16-6-2-5-12-10-4-3-9(17-10)11(13)14/h3-4,12H,2,5-8H2,1H3,(H,13,14). The van der Waals surface area contributed by atoms with Gasteiger partial charge >= 0.3 is 5.97 Å². The van der Waals surface area contributed by atoms with E-state index in [0.29, 0.717) is 32.2 Å². The Labute approximate surface area is 99.5 Å². The summed E-state index contributed by atoms with van der Waals surface area (Å²) >= 11 is 0. The van der Waals surface area contributed by atoms with E-state index in [2.05, 4.69) is 5.32 Å². The second-order valence-electron chi connectivity index (χ2n) is 3.35. The molecule has 0 aliphatic rings. The molecule has 0 bridgehead atoms. The van der Waals surface area contributed by atoms with E-state index in [-0.39, 0.29) is 5.76 Å². The fourth-order valence-corrected chi connectivity index (χ4v) is 1.18. The zero-order valence-corrected chi connectivity index (χ0v) is 9.77. The number of methoxy groups -OCH3 is 1. The number of rotatable bonds is 9. The Kier molecular flexibility index (Phi) is 6.13. The van der Waals surface area contributed by atoms with Crippen LogP contribution < -0.4 is 5.32 Å². The van der Waals surface area contributed by atoms with Gasteiger partial charge in [0.25, 0.3) is 0 Å². The molecule has 2 N–H and O–H groups in total. The summed E-state index contributed by atoms with van der Waals surface area (Å²) < 4.78 is 15.1. The lowest BCUT2D eigenvalue weighted by atomic mass is 10.4. The fourth-order valence-electron chi connectivity index (χ4n) is 1.18. The van der Waals surface area contributed by atoms with Crippen LogP contribution in [0.2, 0.25) is 0 Å². The molecule has 0 aliphatic carbocycles. The largest absolute Gasteiger partial charge is 0.475 e. The summed E-state index contributed by atoms with van der Waals surface area (Å²) in [4.78, 5) is 10.5. The third kappa shape index (κ3) is 5.37. The predicted molar refractivity (Wildman–Crippen MR) is 61.5 cm³/mol. The maximum absolute atomic E-state index is 10.5. The number of hydrogen-bond acceptors (Lipinski definition) is 5. The average molecular weight is 243 g/mol. The SMILES string of the molecule is COCCOCCCNc1ccc(C(=O)O)o1. The van der Waals surface area contributed by atoms with Crippen molar-refractivity contribution in [3.05, 3.63) is 17.9 Å². The number of hydrogen-bond donors (Lipinski definition) is 2. The average Bonchev–Trinajstić information content (AvgIpc) is 2.77. The Hall–Kier alpha value is -1.53. The summed E-state index contributed by atoms with van der Waals surface area (Å²) in [6.07, 6.45) is 0.812. The molecule has 96 valence electrons. The molecule has 0 saturated carbocycles. The van der Waals surface area contributed by atoms with Crippen LogP contribution in [0.3, 0.4) is 0 Å². The first-order chi connectivity index (χ1) is 8.24. The molecule has 0 aliphatic heterocycles. The summed E-state index contributed by atoms with van der Waals surface area (Å²) in [5.74, 6) is -0.677. The zero-order valence-electron chi connectivity index (χ0n) is 9.77. The van der Waals surface area contributed by atoms with Crippen LogP contribution in [0.5, 0.6) is 0 Å². The van der Waals surface area contributed by atoms with Crippen molar-refractivity contribution in [3.8, 4) is 0 Å². The molecule has 1 aromatic rings. The fraction of sp³-hybridized carbons (Fsp3) is 0.545. The lowest BCUT2D eigenvalue weighted by Gasteiger charge is -2.04. The van der Waals surface area contributed by atoms with Crippen LogP contribution in [0.15, 0.2) is 16.5 Å². The van der Waals surface area contributed by atoms with Crippen molar-refractivity contribution < 1.29 is 23.8 Å². The number of carbonyl (C=O) groups is 1. The Balaban J connectivity index is 2.07. The van der Waals surface area contributed by atoms with Crippen molar-refractivity contribution in [1.29, 1.82) is 0 Å². The third-order valence-electron chi connectivity index (χ3n) is 2.01. The van der Waals surface area contributed by atoms with Crippen molar-refractivity contribution in [3.63, 3.8) is 0 Å². The molecule has 0 fully saturated rings. The predicted octanol–water partition coefficient (Wildman–Crippen LogP) is 1.44. The number of carboxylic acid groups (broad SMARTS) is 1. The Morgan fingerprint density at radius 3 is 2.88 bits per heavy atom. The second kappa shape index (κ2) is 7.70. The molecule has 0 spiro atoms. The third-order valence-corrected chi connectivity index (χ3v) is 2.01. The summed E-state index contributed by atoms with van der Waals surface area (Å²) in [7, 11) is 1.63. The highest BCUT2D eigenvalue weighted by Crippen LogP contribution is 2.12. The molecule has 0 amide bonds. The van der Waals surface area contributed by atoms with Crippen LogP contribution in [-0.4, -0.2) is 44.6 Å². The molecule has 0 aromatic carbocycles. The van der Waals surface area contributed by atoms with Crippen molar-refractivity contribution in [1.82, 2.24) is 0 Å². The van der Waals surface area contributed by atoms with Crippen molar-refractivity contribution in [2.75, 3.05) is 38.8 Å². The highest BCUT2D eigenvalue weighted by atomic mass is 16.5. The van der Waals surface area contributed by atoms with Crippen LogP contribution in [0.1, 0.15) is 17.0 Å². The van der Waals surface area contributed by atoms with Gasteiger partial charge in [-0.05, 0) is 12.5 Å². The molecule has 0 unspecified atom stereocenters. The molecule has 0 radical (unpaired) electrons. The number of nitrogens with one attached hydrogen (secondary N) is 1. The van der Waals surface area contributed by atoms with Gasteiger partial charge in [-0.25, -0.2) is 4.79 Å². The molecule has 0 saturated heterocycles. The number of anilines is 1. The van der Waals surface area contributed by atoms with Gasteiger partial charge in [0.05, 0.1) is 13.2 Å². The highest BCUT2D eigenvalue weighted by Gasteiger charge is 2.07. The quantitative estimate of drug-likeness (QED) is 0.639. The number of aromatic carboxylic acids is 1. The van der Waals surface area contributed by atoms with Gasteiger partial charge in [0, 0.05) is 26.3 Å². The lowest BCUT2D eigenvalue weighted by Crippen LogP contribution is -2.08. The van der Waals surface area contributed by atoms with Gasteiger partial charge in [0.15, 0.2) is 5.88 Å². The molecule has 0 atom stereocenters. The van der Waals surface area contributed by atoms with Gasteiger partial charge in [-0.3, -0.25) is 0 Å². The molecular formula is C11H17NO5. The highest BCUT2D eigenvalue weighted by molar-refractivity contribution is 5.84. The maximum Gasteiger partial charge on any atom is 0.371 e. The zero-order chi connectivity index (χ0) is 12.5. The van der Waals surface area contributed by atoms with Gasteiger partial charge in [-0.1, -0.05) is 0 Å². The normalized spacial score (nSPS) is 10.4. The monoisotopic (exact) mass is 243 g/mol. The van der Waals surface area contributed by atoms with E-state index < -0.39 is 5.97 Å². The van der Waals surface area contributed by atoms with Gasteiger partial charge in [-0.15, -0.1) is 0 Å². The maximum atomic E-state index is 10.5. The molecule has 1 heterocycles. The number of ether oxygens (including phenoxy) is 2. The molecule has 17 heavy (non-hydrogen) atoms. The topological polar surface area (TPSA) is 80.9 Å². The van der Waals surface area contributed by atoms with Crippen LogP contribution in [-0.2, 0) is 9.47 Å². The van der Waals surface area contributed by atoms with Gasteiger partial charge in [-0.2, -0.15) is 0 Å². The van der Waals surface area contributed by atoms with E-state index >= 15 is 0 Å². The lowest BCUT2D eigenvalue weighted by molar-refractivity contribution is 0.0663. The minimum Gasteiger partial charge on any atom is -0.475 e. The van der Waals surface area contributed by atoms with Crippen LogP contribution >= 0.6 is 0 Å². The van der Waals surface area contributed by atoms with Gasteiger partial charge in [0.2, 0.25) is 5.76 Å². The summed E-state index contributed by atoms with van der Waals surface area (Å²) in [5.41, 5.74) is 0. The molecule has 1 aromatic heterocycles. The van der Waals surface area contributed by atoms with E-state index in [1.807, 2.05) is 0 Å². The van der Waals surface area contributed by atoms with E-state index in [4.69, 9.17) is 19.0 Å². The Morgan fingerprint density at radius 2 is 2.24 bits per heavy atom. The van der Waals surface area contributed by atoms with E-state index in [0.717, 1.165) is 6.42 Å². The molecule has 1 rings (SSSR count). The first-order valence-electron chi connectivity index (χ1n) is 5.37. The van der Waals surface area contributed by atoms with E-state index in [1.54, 1.807) is 13.2 Å². The Bertz CT molecular complexity index is 336. The molecular weight excluding hydrogens is 226 g/mol. The smallest absolute Gasteiger partial charge is 0.371 e. The van der Waals surface area contributed by atoms with Crippen LogP contribution in [0.25, 0.3) is 0 Å². The second-order valence-corrected chi connectivity index (χ2v) is 3.35. The van der Waals surface area contributed by atoms with Crippen molar-refractivity contribution >= 4 is 11.9 Å². The number of furan rings is 1. The minimum absolute atomic E-state index is 0.0659. The summed E-state index contributed by atoms with van der Waals surface area (Å²) in [5, 5.41) is 11.6. The van der Waals surface area contributed by atoms with Gasteiger partial charge in [0.1, 0.15) is 0 Å². The first-order valence-corrected chi connectivity index (χ1v) is 5.37. The van der Waals surface area contributed by atoms with Crippen molar-refractivity contribution in [2.45, 2.75) is 6.42 Å². The number of carboxylic acids is 1. The first kappa shape index (κ1) is 13.5. The van der Waals surface area contributed by atoms with Crippen LogP contribution in [0.4, 0.5) is 5.88 Å². The van der Waals surface area contributed by atoms with Gasteiger partial charge < -0.3 is 24.3 Å². The van der Waals surface area contributed by atoms with E-state index in [9.17, 15) is 4.79 Å². The van der Waals surface area contributed by atoms with Crippen molar-refractivity contribution in [2.24, 2.45) is 0 Å². The van der Waals surface area contributed by atoms with E-state index in [1.165, 1.54) is 6.07 Å². The molecule has 6 heteroatoms. The summed E-state index contributed by atoms with van der Waals surface area (Å²) in [6.45, 7) is 2.47.